The number of rotatable bonds is 8. The number of anilines is 1. The average molecular weight is 610 g/mol. The number of esters is 1. The van der Waals surface area contributed by atoms with E-state index in [1.54, 1.807) is 42.5 Å². The van der Waals surface area contributed by atoms with Gasteiger partial charge in [0.2, 0.25) is 0 Å². The highest BCUT2D eigenvalue weighted by Crippen LogP contribution is 2.37. The molecule has 0 unspecified atom stereocenters. The van der Waals surface area contributed by atoms with Gasteiger partial charge in [0.15, 0.2) is 0 Å². The maximum Gasteiger partial charge on any atom is 0.343 e. The van der Waals surface area contributed by atoms with Crippen molar-refractivity contribution >= 4 is 56.3 Å². The Hall–Kier alpha value is -4.01. The van der Waals surface area contributed by atoms with E-state index in [2.05, 4.69) is 37.8 Å². The van der Waals surface area contributed by atoms with Crippen LogP contribution in [-0.2, 0) is 22.4 Å². The summed E-state index contributed by atoms with van der Waals surface area (Å²) in [5.41, 5.74) is 4.28. The monoisotopic (exact) mass is 608 g/mol. The summed E-state index contributed by atoms with van der Waals surface area (Å²) in [5, 5.41) is 16.3. The van der Waals surface area contributed by atoms with Crippen molar-refractivity contribution in [3.8, 4) is 17.6 Å². The highest BCUT2D eigenvalue weighted by atomic mass is 79.9. The van der Waals surface area contributed by atoms with Crippen LogP contribution in [0, 0.1) is 11.3 Å². The molecule has 0 bridgehead atoms. The van der Waals surface area contributed by atoms with Gasteiger partial charge in [-0.2, -0.15) is 10.4 Å². The number of benzene rings is 2. The third kappa shape index (κ3) is 7.10. The lowest BCUT2D eigenvalue weighted by atomic mass is 9.96. The lowest BCUT2D eigenvalue weighted by molar-refractivity contribution is -0.136. The molecule has 0 fully saturated rings. The van der Waals surface area contributed by atoms with Crippen molar-refractivity contribution in [3.05, 3.63) is 74.1 Å². The first-order valence-corrected chi connectivity index (χ1v) is 13.9. The molecule has 1 aromatic heterocycles. The zero-order valence-corrected chi connectivity index (χ0v) is 23.5. The van der Waals surface area contributed by atoms with E-state index in [1.807, 2.05) is 6.92 Å². The molecule has 0 aliphatic heterocycles. The minimum atomic E-state index is -1.000. The van der Waals surface area contributed by atoms with Gasteiger partial charge in [0, 0.05) is 14.9 Å². The molecule has 0 saturated heterocycles. The summed E-state index contributed by atoms with van der Waals surface area (Å²) in [7, 11) is 0. The van der Waals surface area contributed by atoms with E-state index in [4.69, 9.17) is 9.47 Å². The van der Waals surface area contributed by atoms with Crippen molar-refractivity contribution in [2.24, 2.45) is 5.10 Å². The van der Waals surface area contributed by atoms with E-state index in [1.165, 1.54) is 17.6 Å². The molecule has 0 saturated carbocycles. The lowest BCUT2D eigenvalue weighted by Gasteiger charge is -2.09. The summed E-state index contributed by atoms with van der Waals surface area (Å²) in [6.45, 7) is 2.59. The second-order valence-corrected chi connectivity index (χ2v) is 10.6. The van der Waals surface area contributed by atoms with Crippen molar-refractivity contribution in [2.45, 2.75) is 39.0 Å². The van der Waals surface area contributed by atoms with Gasteiger partial charge in [0.25, 0.3) is 0 Å². The molecule has 1 aliphatic rings. The Morgan fingerprint density at radius 1 is 1.13 bits per heavy atom. The molecule has 11 heteroatoms. The van der Waals surface area contributed by atoms with Crippen LogP contribution >= 0.6 is 27.3 Å². The van der Waals surface area contributed by atoms with Crippen LogP contribution in [0.4, 0.5) is 5.00 Å². The van der Waals surface area contributed by atoms with Crippen LogP contribution in [0.15, 0.2) is 52.0 Å². The number of carbonyl (C=O) groups is 3. The molecule has 2 aromatic carbocycles. The van der Waals surface area contributed by atoms with Gasteiger partial charge in [-0.25, -0.2) is 10.2 Å². The van der Waals surface area contributed by atoms with Crippen LogP contribution in [0.1, 0.15) is 58.1 Å². The molecule has 1 heterocycles. The molecule has 2 N–H and O–H groups in total. The summed E-state index contributed by atoms with van der Waals surface area (Å²) in [5.74, 6) is -1.65. The molecule has 9 nitrogen and oxygen atoms in total. The second-order valence-electron chi connectivity index (χ2n) is 8.62. The number of carbonyl (C=O) groups excluding carboxylic acids is 3. The van der Waals surface area contributed by atoms with Crippen LogP contribution < -0.4 is 20.2 Å². The molecule has 1 aliphatic carbocycles. The Morgan fingerprint density at radius 3 is 2.64 bits per heavy atom. The Morgan fingerprint density at radius 2 is 1.90 bits per heavy atom. The predicted molar refractivity (Wildman–Crippen MR) is 151 cm³/mol. The maximum atomic E-state index is 12.7. The third-order valence-corrected chi connectivity index (χ3v) is 7.52. The number of hydrogen-bond donors (Lipinski definition) is 2. The quantitative estimate of drug-likeness (QED) is 0.116. The third-order valence-electron chi connectivity index (χ3n) is 5.82. The number of hydrazone groups is 1. The van der Waals surface area contributed by atoms with E-state index < -0.39 is 17.8 Å². The van der Waals surface area contributed by atoms with Crippen LogP contribution in [-0.4, -0.2) is 30.6 Å². The summed E-state index contributed by atoms with van der Waals surface area (Å²) < 4.78 is 11.8. The minimum Gasteiger partial charge on any atom is -0.494 e. The molecular weight excluding hydrogens is 584 g/mol. The highest BCUT2D eigenvalue weighted by molar-refractivity contribution is 9.10. The van der Waals surface area contributed by atoms with E-state index in [0.717, 1.165) is 42.5 Å². The standard InChI is InChI=1S/C28H25BrN4O5S/c1-2-13-37-20-10-7-17(8-11-20)28(36)38-23-12-9-19(29)14-18(23)16-31-33-26(35)25(34)32-27-22(15-30)21-5-3-4-6-24(21)39-27/h7-12,14,16H,2-6,13H2,1H3,(H,32,34)(H,33,35). The lowest BCUT2D eigenvalue weighted by Crippen LogP contribution is -2.32. The SMILES string of the molecule is CCCOc1ccc(C(=O)Oc2ccc(Br)cc2C=NNC(=O)C(=O)Nc2sc3c(c2C#N)CCCC3)cc1. The van der Waals surface area contributed by atoms with Crippen molar-refractivity contribution < 1.29 is 23.9 Å². The van der Waals surface area contributed by atoms with E-state index in [9.17, 15) is 19.6 Å². The first-order chi connectivity index (χ1) is 18.9. The van der Waals surface area contributed by atoms with E-state index >= 15 is 0 Å². The zero-order chi connectivity index (χ0) is 27.8. The van der Waals surface area contributed by atoms with Crippen molar-refractivity contribution in [1.82, 2.24) is 5.43 Å². The molecule has 2 amide bonds. The summed E-state index contributed by atoms with van der Waals surface area (Å²) in [4.78, 5) is 38.6. The van der Waals surface area contributed by atoms with Gasteiger partial charge in [-0.05, 0) is 80.1 Å². The fraction of sp³-hybridized carbons (Fsp3) is 0.250. The Balaban J connectivity index is 1.39. The minimum absolute atomic E-state index is 0.208. The van der Waals surface area contributed by atoms with Crippen molar-refractivity contribution in [2.75, 3.05) is 11.9 Å². The Bertz CT molecular complexity index is 1460. The normalized spacial score (nSPS) is 12.3. The van der Waals surface area contributed by atoms with Gasteiger partial charge in [-0.3, -0.25) is 9.59 Å². The van der Waals surface area contributed by atoms with Gasteiger partial charge in [0.05, 0.1) is 23.9 Å². The number of fused-ring (bicyclic) bond motifs is 1. The molecule has 4 rings (SSSR count). The first kappa shape index (κ1) is 28.0. The molecule has 0 spiro atoms. The fourth-order valence-corrected chi connectivity index (χ4v) is 5.54. The van der Waals surface area contributed by atoms with Gasteiger partial charge in [-0.15, -0.1) is 11.3 Å². The number of nitrogens with zero attached hydrogens (tertiary/aromatic N) is 2. The summed E-state index contributed by atoms with van der Waals surface area (Å²) in [6, 6.07) is 13.7. The van der Waals surface area contributed by atoms with E-state index in [0.29, 0.717) is 38.5 Å². The van der Waals surface area contributed by atoms with Crippen molar-refractivity contribution in [1.29, 1.82) is 5.26 Å². The molecular formula is C28H25BrN4O5S. The number of nitrogens with one attached hydrogen (secondary N) is 2. The number of nitriles is 1. The van der Waals surface area contributed by atoms with Gasteiger partial charge in [-0.1, -0.05) is 22.9 Å². The summed E-state index contributed by atoms with van der Waals surface area (Å²) >= 11 is 4.69. The van der Waals surface area contributed by atoms with E-state index in [-0.39, 0.29) is 5.75 Å². The van der Waals surface area contributed by atoms with Gasteiger partial charge < -0.3 is 14.8 Å². The number of thiophene rings is 1. The number of ether oxygens (including phenoxy) is 2. The van der Waals surface area contributed by atoms with Crippen LogP contribution in [0.2, 0.25) is 0 Å². The Labute approximate surface area is 237 Å². The van der Waals surface area contributed by atoms with Crippen LogP contribution in [0.5, 0.6) is 11.5 Å². The molecule has 0 radical (unpaired) electrons. The predicted octanol–water partition coefficient (Wildman–Crippen LogP) is 5.36. The largest absolute Gasteiger partial charge is 0.494 e. The smallest absolute Gasteiger partial charge is 0.343 e. The average Bonchev–Trinajstić information content (AvgIpc) is 3.30. The number of halogens is 1. The summed E-state index contributed by atoms with van der Waals surface area (Å²) in [6.07, 6.45) is 5.83. The molecule has 3 aromatic rings. The number of amides is 2. The van der Waals surface area contributed by atoms with Crippen LogP contribution in [0.3, 0.4) is 0 Å². The maximum absolute atomic E-state index is 12.7. The fourth-order valence-electron chi connectivity index (χ4n) is 3.92. The molecule has 39 heavy (non-hydrogen) atoms. The molecule has 0 atom stereocenters. The van der Waals surface area contributed by atoms with Crippen molar-refractivity contribution in [3.63, 3.8) is 0 Å². The van der Waals surface area contributed by atoms with Gasteiger partial charge >= 0.3 is 17.8 Å². The van der Waals surface area contributed by atoms with Crippen LogP contribution in [0.25, 0.3) is 0 Å². The topological polar surface area (TPSA) is 130 Å². The second kappa shape index (κ2) is 13.2. The molecule has 200 valence electrons. The number of hydrogen-bond acceptors (Lipinski definition) is 8. The Kier molecular flexibility index (Phi) is 9.46. The number of aryl methyl sites for hydroxylation is 1. The first-order valence-electron chi connectivity index (χ1n) is 12.3. The zero-order valence-electron chi connectivity index (χ0n) is 21.1. The highest BCUT2D eigenvalue weighted by Gasteiger charge is 2.23. The van der Waals surface area contributed by atoms with Gasteiger partial charge in [0.1, 0.15) is 22.6 Å².